The Bertz CT molecular complexity index is 836. The molecular weight excluding hydrogens is 394 g/mol. The highest BCUT2D eigenvalue weighted by Gasteiger charge is 2.53. The van der Waals surface area contributed by atoms with Gasteiger partial charge in [0.25, 0.3) is 11.8 Å². The average molecular weight is 411 g/mol. The molecule has 2 atom stereocenters. The normalized spacial score (nSPS) is 21.8. The first-order valence-electron chi connectivity index (χ1n) is 8.04. The Kier molecular flexibility index (Phi) is 5.65. The van der Waals surface area contributed by atoms with E-state index in [1.807, 2.05) is 6.92 Å². The van der Waals surface area contributed by atoms with E-state index in [0.717, 1.165) is 11.3 Å². The first-order chi connectivity index (χ1) is 12.9. The quantitative estimate of drug-likeness (QED) is 0.250. The third-order valence-corrected chi connectivity index (χ3v) is 5.64. The number of carbonyl (C=O) groups is 3. The van der Waals surface area contributed by atoms with Crippen LogP contribution in [-0.2, 0) is 19.2 Å². The van der Waals surface area contributed by atoms with E-state index in [9.17, 15) is 19.5 Å². The summed E-state index contributed by atoms with van der Waals surface area (Å²) in [4.78, 5) is 46.6. The fourth-order valence-corrected chi connectivity index (χ4v) is 4.29. The predicted molar refractivity (Wildman–Crippen MR) is 100 cm³/mol. The summed E-state index contributed by atoms with van der Waals surface area (Å²) >= 11 is 2.52. The Morgan fingerprint density at radius 1 is 1.56 bits per heavy atom. The second kappa shape index (κ2) is 7.96. The number of carbonyl (C=O) groups excluding carboxylic acids is 2. The zero-order chi connectivity index (χ0) is 19.6. The molecule has 0 radical (unpaired) electrons. The smallest absolute Gasteiger partial charge is 0.352 e. The van der Waals surface area contributed by atoms with Gasteiger partial charge in [-0.25, -0.2) is 9.78 Å². The summed E-state index contributed by atoms with van der Waals surface area (Å²) in [6.45, 7) is 2.21. The standard InChI is InChI=1S/C15H17N5O5S2/c1-2-4-25-19-9(7-6-27-15(16)17-7)11(21)18-10-12(22)20-8(14(23)24)3-5-26-13(10)20/h3,6,10,13H,2,4-5H2,1H3,(H2,16,17)(H,18,21)(H,23,24)/b19-9+. The molecule has 2 unspecified atom stereocenters. The minimum atomic E-state index is -1.17. The second-order valence-corrected chi connectivity index (χ2v) is 7.66. The Labute approximate surface area is 162 Å². The molecule has 2 amide bonds. The van der Waals surface area contributed by atoms with Crippen LogP contribution in [0.3, 0.4) is 0 Å². The minimum absolute atomic E-state index is 0.0679. The lowest BCUT2D eigenvalue weighted by Gasteiger charge is -2.48. The van der Waals surface area contributed by atoms with Crippen LogP contribution in [0.5, 0.6) is 0 Å². The number of β-lactam (4-membered cyclic amide) rings is 1. The predicted octanol–water partition coefficient (Wildman–Crippen LogP) is 0.224. The van der Waals surface area contributed by atoms with Gasteiger partial charge in [-0.2, -0.15) is 0 Å². The number of rotatable bonds is 7. The molecule has 0 saturated carbocycles. The number of hydrogen-bond donors (Lipinski definition) is 3. The van der Waals surface area contributed by atoms with Crippen molar-refractivity contribution in [1.82, 2.24) is 15.2 Å². The molecule has 1 aromatic heterocycles. The third-order valence-electron chi connectivity index (χ3n) is 3.78. The molecule has 3 heterocycles. The number of nitrogen functional groups attached to an aromatic ring is 1. The minimum Gasteiger partial charge on any atom is -0.477 e. The number of thioether (sulfide) groups is 1. The lowest BCUT2D eigenvalue weighted by atomic mass is 10.0. The molecule has 2 aliphatic rings. The highest BCUT2D eigenvalue weighted by atomic mass is 32.2. The van der Waals surface area contributed by atoms with Crippen molar-refractivity contribution >= 4 is 51.7 Å². The van der Waals surface area contributed by atoms with Crippen LogP contribution in [-0.4, -0.2) is 62.3 Å². The number of anilines is 1. The van der Waals surface area contributed by atoms with Gasteiger partial charge in [0, 0.05) is 11.1 Å². The molecule has 0 aromatic carbocycles. The number of hydrogen-bond acceptors (Lipinski definition) is 9. The van der Waals surface area contributed by atoms with E-state index >= 15 is 0 Å². The van der Waals surface area contributed by atoms with E-state index in [1.165, 1.54) is 22.7 Å². The first-order valence-corrected chi connectivity index (χ1v) is 9.97. The van der Waals surface area contributed by atoms with Crippen molar-refractivity contribution < 1.29 is 24.3 Å². The van der Waals surface area contributed by atoms with Crippen molar-refractivity contribution in [3.8, 4) is 0 Å². The SMILES string of the molecule is CCCO/N=C(/C(=O)NC1C(=O)N2C(C(=O)O)=CCSC12)c1csc(N)n1. The molecule has 1 aromatic rings. The van der Waals surface area contributed by atoms with Crippen LogP contribution < -0.4 is 11.1 Å². The van der Waals surface area contributed by atoms with Crippen LogP contribution in [0.1, 0.15) is 19.0 Å². The summed E-state index contributed by atoms with van der Waals surface area (Å²) in [5.41, 5.74) is 5.71. The number of amides is 2. The van der Waals surface area contributed by atoms with Crippen molar-refractivity contribution in [3.05, 3.63) is 22.8 Å². The highest BCUT2D eigenvalue weighted by Crippen LogP contribution is 2.37. The number of thiazole rings is 1. The van der Waals surface area contributed by atoms with Crippen LogP contribution in [0.15, 0.2) is 22.3 Å². The second-order valence-electron chi connectivity index (χ2n) is 5.62. The largest absolute Gasteiger partial charge is 0.477 e. The van der Waals surface area contributed by atoms with Crippen LogP contribution >= 0.6 is 23.1 Å². The van der Waals surface area contributed by atoms with Gasteiger partial charge in [0.15, 0.2) is 10.8 Å². The van der Waals surface area contributed by atoms with Crippen LogP contribution in [0.4, 0.5) is 5.13 Å². The highest BCUT2D eigenvalue weighted by molar-refractivity contribution is 8.00. The maximum absolute atomic E-state index is 12.7. The van der Waals surface area contributed by atoms with Gasteiger partial charge in [-0.05, 0) is 12.5 Å². The molecule has 1 saturated heterocycles. The summed E-state index contributed by atoms with van der Waals surface area (Å²) < 4.78 is 0. The monoisotopic (exact) mass is 411 g/mol. The Morgan fingerprint density at radius 2 is 2.33 bits per heavy atom. The number of carboxylic acid groups (broad SMARTS) is 1. The fourth-order valence-electron chi connectivity index (χ4n) is 2.55. The Balaban J connectivity index is 1.75. The lowest BCUT2D eigenvalue weighted by Crippen LogP contribution is -2.70. The van der Waals surface area contributed by atoms with Gasteiger partial charge in [-0.3, -0.25) is 14.5 Å². The fraction of sp³-hybridized carbons (Fsp3) is 0.400. The van der Waals surface area contributed by atoms with Crippen molar-refractivity contribution in [1.29, 1.82) is 0 Å². The number of nitrogens with zero attached hydrogens (tertiary/aromatic N) is 3. The zero-order valence-corrected chi connectivity index (χ0v) is 15.9. The molecule has 144 valence electrons. The molecule has 3 rings (SSSR count). The van der Waals surface area contributed by atoms with Gasteiger partial charge < -0.3 is 21.0 Å². The average Bonchev–Trinajstić information content (AvgIpc) is 3.08. The van der Waals surface area contributed by atoms with Gasteiger partial charge in [0.05, 0.1) is 0 Å². The molecular formula is C15H17N5O5S2. The number of fused-ring (bicyclic) bond motifs is 1. The van der Waals surface area contributed by atoms with Crippen LogP contribution in [0, 0.1) is 0 Å². The number of aromatic nitrogens is 1. The molecule has 10 nitrogen and oxygen atoms in total. The van der Waals surface area contributed by atoms with Crippen molar-refractivity contribution in [2.75, 3.05) is 18.1 Å². The molecule has 12 heteroatoms. The molecule has 0 spiro atoms. The number of oxime groups is 1. The van der Waals surface area contributed by atoms with E-state index in [2.05, 4.69) is 15.5 Å². The number of nitrogens with one attached hydrogen (secondary N) is 1. The maximum Gasteiger partial charge on any atom is 0.352 e. The number of nitrogens with two attached hydrogens (primary N) is 1. The Morgan fingerprint density at radius 3 is 2.96 bits per heavy atom. The summed E-state index contributed by atoms with van der Waals surface area (Å²) in [5.74, 6) is -1.86. The Hall–Kier alpha value is -2.60. The number of aliphatic carboxylic acids is 1. The molecule has 27 heavy (non-hydrogen) atoms. The molecule has 2 aliphatic heterocycles. The zero-order valence-electron chi connectivity index (χ0n) is 14.2. The summed E-state index contributed by atoms with van der Waals surface area (Å²) in [7, 11) is 0. The molecule has 1 fully saturated rings. The van der Waals surface area contributed by atoms with Crippen molar-refractivity contribution in [2.24, 2.45) is 5.16 Å². The molecule has 0 bridgehead atoms. The first kappa shape index (κ1) is 19.2. The molecule has 0 aliphatic carbocycles. The summed E-state index contributed by atoms with van der Waals surface area (Å²) in [6.07, 6.45) is 2.18. The van der Waals surface area contributed by atoms with Crippen LogP contribution in [0.25, 0.3) is 0 Å². The van der Waals surface area contributed by atoms with Gasteiger partial charge >= 0.3 is 5.97 Å². The van der Waals surface area contributed by atoms with Gasteiger partial charge in [0.1, 0.15) is 29.4 Å². The van der Waals surface area contributed by atoms with E-state index < -0.39 is 29.2 Å². The van der Waals surface area contributed by atoms with Gasteiger partial charge in [0.2, 0.25) is 0 Å². The summed E-state index contributed by atoms with van der Waals surface area (Å²) in [5, 5.41) is 17.0. The third kappa shape index (κ3) is 3.76. The lowest BCUT2D eigenvalue weighted by molar-refractivity contribution is -0.150. The van der Waals surface area contributed by atoms with E-state index in [-0.39, 0.29) is 22.2 Å². The maximum atomic E-state index is 12.7. The van der Waals surface area contributed by atoms with E-state index in [4.69, 9.17) is 10.6 Å². The van der Waals surface area contributed by atoms with Gasteiger partial charge in [-0.15, -0.1) is 23.1 Å². The molecule has 4 N–H and O–H groups in total. The van der Waals surface area contributed by atoms with Gasteiger partial charge in [-0.1, -0.05) is 12.1 Å². The van der Waals surface area contributed by atoms with Crippen molar-refractivity contribution in [2.45, 2.75) is 24.8 Å². The topological polar surface area (TPSA) is 147 Å². The van der Waals surface area contributed by atoms with E-state index in [1.54, 1.807) is 5.38 Å². The van der Waals surface area contributed by atoms with Crippen molar-refractivity contribution in [3.63, 3.8) is 0 Å². The van der Waals surface area contributed by atoms with Crippen LogP contribution in [0.2, 0.25) is 0 Å². The van der Waals surface area contributed by atoms with E-state index in [0.29, 0.717) is 18.8 Å². The number of carboxylic acids is 1. The summed E-state index contributed by atoms with van der Waals surface area (Å²) in [6, 6.07) is -0.849.